The van der Waals surface area contributed by atoms with E-state index in [1.807, 2.05) is 62.1 Å². The first-order valence-electron chi connectivity index (χ1n) is 12.6. The van der Waals surface area contributed by atoms with Crippen LogP contribution in [-0.4, -0.2) is 34.4 Å². The minimum Gasteiger partial charge on any atom is -0.352 e. The Hall–Kier alpha value is -4.39. The van der Waals surface area contributed by atoms with Crippen LogP contribution < -0.4 is 4.90 Å². The molecule has 3 aliphatic rings. The second-order valence-corrected chi connectivity index (χ2v) is 11.2. The van der Waals surface area contributed by atoms with Gasteiger partial charge in [0.1, 0.15) is 5.41 Å². The summed E-state index contributed by atoms with van der Waals surface area (Å²) < 4.78 is 0. The molecule has 2 heterocycles. The molecule has 38 heavy (non-hydrogen) atoms. The van der Waals surface area contributed by atoms with Crippen LogP contribution >= 0.6 is 0 Å². The van der Waals surface area contributed by atoms with Gasteiger partial charge < -0.3 is 4.90 Å². The molecule has 0 saturated carbocycles. The molecule has 3 atom stereocenters. The number of Topliss-reactive ketones (excluding diaryl/α,β-unsaturated/α-hetero) is 3. The highest BCUT2D eigenvalue weighted by atomic mass is 16.6. The van der Waals surface area contributed by atoms with Gasteiger partial charge in [-0.3, -0.25) is 24.5 Å². The summed E-state index contributed by atoms with van der Waals surface area (Å²) in [5.74, 6) is -1.60. The van der Waals surface area contributed by atoms with Gasteiger partial charge in [-0.15, -0.1) is 0 Å². The zero-order chi connectivity index (χ0) is 27.0. The third-order valence-corrected chi connectivity index (χ3v) is 8.18. The normalized spacial score (nSPS) is 22.8. The minimum atomic E-state index is -1.60. The number of nitro benzene ring substituents is 1. The van der Waals surface area contributed by atoms with Crippen molar-refractivity contribution in [2.24, 2.45) is 10.8 Å². The number of ketones is 3. The van der Waals surface area contributed by atoms with Crippen LogP contribution in [0.4, 0.5) is 11.4 Å². The Morgan fingerprint density at radius 2 is 1.47 bits per heavy atom. The largest absolute Gasteiger partial charge is 0.352 e. The Bertz CT molecular complexity index is 1530. The standard InChI is InChI=1S/C31H26N2O5/c1-30(2,3)29(36)26-25(19-12-15-20(16-13-19)33(37)38)31(27(34)21-9-5-6-10-22(21)28(31)35)24-17-14-18-8-4-7-11-23(18)32(24)26/h4-17,24-26H,1-3H3/t24-,25+,26-/m0/s1. The molecule has 0 unspecified atom stereocenters. The number of anilines is 1. The zero-order valence-corrected chi connectivity index (χ0v) is 21.3. The number of hydrogen-bond acceptors (Lipinski definition) is 6. The van der Waals surface area contributed by atoms with Gasteiger partial charge in [0.15, 0.2) is 17.3 Å². The fourth-order valence-corrected chi connectivity index (χ4v) is 6.54. The molecule has 2 aliphatic heterocycles. The Kier molecular flexibility index (Phi) is 5.08. The predicted molar refractivity (Wildman–Crippen MR) is 143 cm³/mol. The molecule has 0 radical (unpaired) electrons. The highest BCUT2D eigenvalue weighted by molar-refractivity contribution is 6.32. The van der Waals surface area contributed by atoms with E-state index < -0.39 is 33.8 Å². The van der Waals surface area contributed by atoms with Crippen molar-refractivity contribution in [3.8, 4) is 0 Å². The maximum Gasteiger partial charge on any atom is 0.269 e. The van der Waals surface area contributed by atoms with Gasteiger partial charge in [-0.05, 0) is 17.2 Å². The van der Waals surface area contributed by atoms with Crippen molar-refractivity contribution >= 4 is 34.8 Å². The van der Waals surface area contributed by atoms with Crippen LogP contribution in [0.1, 0.15) is 58.5 Å². The highest BCUT2D eigenvalue weighted by Crippen LogP contribution is 2.61. The van der Waals surface area contributed by atoms with E-state index in [0.29, 0.717) is 16.7 Å². The molecule has 6 rings (SSSR count). The lowest BCUT2D eigenvalue weighted by Crippen LogP contribution is -2.49. The molecule has 0 N–H and O–H groups in total. The molecule has 0 bridgehead atoms. The Morgan fingerprint density at radius 3 is 2.05 bits per heavy atom. The molecule has 7 nitrogen and oxygen atoms in total. The van der Waals surface area contributed by atoms with Crippen LogP contribution in [0, 0.1) is 20.9 Å². The van der Waals surface area contributed by atoms with E-state index in [1.165, 1.54) is 12.1 Å². The van der Waals surface area contributed by atoms with Crippen molar-refractivity contribution in [2.45, 2.75) is 38.8 Å². The van der Waals surface area contributed by atoms with E-state index in [2.05, 4.69) is 0 Å². The molecule has 3 aromatic carbocycles. The second kappa shape index (κ2) is 8.05. The number of non-ortho nitro benzene ring substituents is 1. The summed E-state index contributed by atoms with van der Waals surface area (Å²) in [6.45, 7) is 5.50. The van der Waals surface area contributed by atoms with Crippen molar-refractivity contribution in [1.29, 1.82) is 0 Å². The van der Waals surface area contributed by atoms with Crippen LogP contribution in [0.3, 0.4) is 0 Å². The maximum absolute atomic E-state index is 14.5. The first kappa shape index (κ1) is 24.0. The van der Waals surface area contributed by atoms with Gasteiger partial charge in [-0.25, -0.2) is 0 Å². The van der Waals surface area contributed by atoms with E-state index >= 15 is 0 Å². The van der Waals surface area contributed by atoms with Gasteiger partial charge in [0.2, 0.25) is 0 Å². The van der Waals surface area contributed by atoms with Crippen LogP contribution in [0.5, 0.6) is 0 Å². The molecule has 190 valence electrons. The number of carbonyl (C=O) groups is 3. The van der Waals surface area contributed by atoms with Gasteiger partial charge in [0, 0.05) is 40.3 Å². The average molecular weight is 507 g/mol. The number of nitrogens with zero attached hydrogens (tertiary/aromatic N) is 2. The minimum absolute atomic E-state index is 0.102. The number of carbonyl (C=O) groups excluding carboxylic acids is 3. The monoisotopic (exact) mass is 506 g/mol. The number of para-hydroxylation sites is 1. The number of hydrogen-bond donors (Lipinski definition) is 0. The Morgan fingerprint density at radius 1 is 0.895 bits per heavy atom. The molecule has 0 amide bonds. The number of fused-ring (bicyclic) bond motifs is 5. The summed E-state index contributed by atoms with van der Waals surface area (Å²) in [6.07, 6.45) is 3.79. The van der Waals surface area contributed by atoms with Gasteiger partial charge in [0.25, 0.3) is 5.69 Å². The summed E-state index contributed by atoms with van der Waals surface area (Å²) in [5, 5.41) is 11.4. The molecular formula is C31H26N2O5. The summed E-state index contributed by atoms with van der Waals surface area (Å²) in [4.78, 5) is 56.1. The quantitative estimate of drug-likeness (QED) is 0.259. The molecule has 7 heteroatoms. The van der Waals surface area contributed by atoms with Crippen LogP contribution in [0.2, 0.25) is 0 Å². The maximum atomic E-state index is 14.5. The number of rotatable bonds is 3. The van der Waals surface area contributed by atoms with Gasteiger partial charge >= 0.3 is 0 Å². The number of nitro groups is 1. The lowest BCUT2D eigenvalue weighted by atomic mass is 9.63. The summed E-state index contributed by atoms with van der Waals surface area (Å²) in [6, 6.07) is 18.8. The summed E-state index contributed by atoms with van der Waals surface area (Å²) >= 11 is 0. The predicted octanol–water partition coefficient (Wildman–Crippen LogP) is 5.64. The van der Waals surface area contributed by atoms with Crippen molar-refractivity contribution in [1.82, 2.24) is 0 Å². The third-order valence-electron chi connectivity index (χ3n) is 8.18. The topological polar surface area (TPSA) is 97.6 Å². The first-order valence-corrected chi connectivity index (χ1v) is 12.6. The molecule has 1 aliphatic carbocycles. The fourth-order valence-electron chi connectivity index (χ4n) is 6.54. The van der Waals surface area contributed by atoms with Gasteiger partial charge in [-0.1, -0.05) is 87.5 Å². The third kappa shape index (κ3) is 3.05. The van der Waals surface area contributed by atoms with Gasteiger partial charge in [0.05, 0.1) is 17.0 Å². The number of benzene rings is 3. The van der Waals surface area contributed by atoms with E-state index in [4.69, 9.17) is 0 Å². The van der Waals surface area contributed by atoms with Crippen LogP contribution in [0.15, 0.2) is 78.9 Å². The van der Waals surface area contributed by atoms with Crippen LogP contribution in [0.25, 0.3) is 6.08 Å². The summed E-state index contributed by atoms with van der Waals surface area (Å²) in [5.41, 5.74) is 0.431. The first-order chi connectivity index (χ1) is 18.1. The van der Waals surface area contributed by atoms with Crippen molar-refractivity contribution < 1.29 is 19.3 Å². The van der Waals surface area contributed by atoms with E-state index in [9.17, 15) is 24.5 Å². The van der Waals surface area contributed by atoms with Crippen molar-refractivity contribution in [3.63, 3.8) is 0 Å². The van der Waals surface area contributed by atoms with Crippen molar-refractivity contribution in [2.75, 3.05) is 4.90 Å². The Balaban J connectivity index is 1.68. The second-order valence-electron chi connectivity index (χ2n) is 11.2. The molecule has 1 spiro atoms. The van der Waals surface area contributed by atoms with E-state index in [-0.39, 0.29) is 23.0 Å². The highest BCUT2D eigenvalue weighted by Gasteiger charge is 2.71. The fraction of sp³-hybridized carbons (Fsp3) is 0.258. The zero-order valence-electron chi connectivity index (χ0n) is 21.3. The van der Waals surface area contributed by atoms with Crippen LogP contribution in [-0.2, 0) is 4.79 Å². The van der Waals surface area contributed by atoms with Gasteiger partial charge in [-0.2, -0.15) is 0 Å². The average Bonchev–Trinajstić information content (AvgIpc) is 3.34. The van der Waals surface area contributed by atoms with E-state index in [1.54, 1.807) is 36.4 Å². The molecular weight excluding hydrogens is 480 g/mol. The molecule has 3 aromatic rings. The molecule has 0 aromatic heterocycles. The molecule has 1 saturated heterocycles. The summed E-state index contributed by atoms with van der Waals surface area (Å²) in [7, 11) is 0. The Labute approximate surface area is 219 Å². The SMILES string of the molecule is CC(C)(C)C(=O)[C@@H]1[C@@H](c2ccc([N+](=O)[O-])cc2)C2(C(=O)c3ccccc3C2=O)[C@@H]2C=Cc3ccccc3N12. The lowest BCUT2D eigenvalue weighted by molar-refractivity contribution is -0.384. The van der Waals surface area contributed by atoms with E-state index in [0.717, 1.165) is 11.3 Å². The molecule has 1 fully saturated rings. The lowest BCUT2D eigenvalue weighted by Gasteiger charge is -2.38. The smallest absolute Gasteiger partial charge is 0.269 e. The van der Waals surface area contributed by atoms with Crippen molar-refractivity contribution in [3.05, 3.63) is 111 Å².